The third-order valence-electron chi connectivity index (χ3n) is 5.15. The number of ether oxygens (including phenoxy) is 1. The van der Waals surface area contributed by atoms with E-state index in [1.807, 2.05) is 0 Å². The zero-order valence-electron chi connectivity index (χ0n) is 19.6. The highest BCUT2D eigenvalue weighted by Crippen LogP contribution is 2.11. The quantitative estimate of drug-likeness (QED) is 0.321. The molecule has 0 fully saturated rings. The Labute approximate surface area is 202 Å². The second-order valence-corrected chi connectivity index (χ2v) is 7.86. The number of ketones is 1. The molecule has 186 valence electrons. The number of halogens is 1. The highest BCUT2D eigenvalue weighted by Gasteiger charge is 2.27. The molecular formula is C25H29FN4O5. The van der Waals surface area contributed by atoms with E-state index in [1.165, 1.54) is 31.2 Å². The molecule has 0 spiro atoms. The molecular weight excluding hydrogens is 455 g/mol. The number of hydrogen-bond acceptors (Lipinski definition) is 6. The van der Waals surface area contributed by atoms with Gasteiger partial charge in [-0.05, 0) is 41.8 Å². The summed E-state index contributed by atoms with van der Waals surface area (Å²) in [5.41, 5.74) is 1.41. The van der Waals surface area contributed by atoms with Crippen LogP contribution in [-0.2, 0) is 32.1 Å². The van der Waals surface area contributed by atoms with Gasteiger partial charge in [0, 0.05) is 26.3 Å². The fourth-order valence-electron chi connectivity index (χ4n) is 3.27. The Balaban J connectivity index is 2.11. The molecule has 3 amide bonds. The van der Waals surface area contributed by atoms with Crippen LogP contribution in [0.2, 0.25) is 0 Å². The van der Waals surface area contributed by atoms with Crippen molar-refractivity contribution in [2.75, 3.05) is 7.11 Å². The first-order valence-electron chi connectivity index (χ1n) is 11.0. The van der Waals surface area contributed by atoms with Crippen molar-refractivity contribution in [2.45, 2.75) is 44.8 Å². The highest BCUT2D eigenvalue weighted by molar-refractivity contribution is 6.26. The van der Waals surface area contributed by atoms with E-state index in [9.17, 15) is 23.6 Å². The van der Waals surface area contributed by atoms with Crippen LogP contribution >= 0.6 is 0 Å². The molecule has 0 radical (unpaired) electrons. The molecule has 9 nitrogen and oxygen atoms in total. The van der Waals surface area contributed by atoms with Gasteiger partial charge >= 0.3 is 0 Å². The number of carbonyl (C=O) groups excluding carboxylic acids is 4. The zero-order chi connectivity index (χ0) is 25.8. The predicted molar refractivity (Wildman–Crippen MR) is 128 cm³/mol. The van der Waals surface area contributed by atoms with Gasteiger partial charge in [0.1, 0.15) is 23.7 Å². The van der Waals surface area contributed by atoms with Crippen molar-refractivity contribution < 1.29 is 28.3 Å². The highest BCUT2D eigenvalue weighted by atomic mass is 19.1. The van der Waals surface area contributed by atoms with E-state index in [0.717, 1.165) is 5.56 Å². The lowest BCUT2D eigenvalue weighted by Crippen LogP contribution is -2.54. The van der Waals surface area contributed by atoms with Gasteiger partial charge < -0.3 is 26.1 Å². The lowest BCUT2D eigenvalue weighted by molar-refractivity contribution is -0.132. The SMILES string of the molecule is COc1ccc(CNC(=O)[C@H](CCC(=O)C=N)NC(=O)[C@H](Cc2ccc(F)cc2)NC(C)=O)cc1. The number of rotatable bonds is 13. The van der Waals surface area contributed by atoms with Crippen LogP contribution in [0.15, 0.2) is 48.5 Å². The number of nitrogens with one attached hydrogen (secondary N) is 4. The topological polar surface area (TPSA) is 137 Å². The summed E-state index contributed by atoms with van der Waals surface area (Å²) in [6.45, 7) is 1.44. The van der Waals surface area contributed by atoms with Gasteiger partial charge in [0.05, 0.1) is 13.3 Å². The Morgan fingerprint density at radius 2 is 1.57 bits per heavy atom. The van der Waals surface area contributed by atoms with Crippen molar-refractivity contribution >= 4 is 29.7 Å². The summed E-state index contributed by atoms with van der Waals surface area (Å²) in [5, 5.41) is 14.9. The van der Waals surface area contributed by atoms with Crippen LogP contribution < -0.4 is 20.7 Å². The van der Waals surface area contributed by atoms with Crippen LogP contribution in [0, 0.1) is 11.2 Å². The molecule has 0 aliphatic carbocycles. The summed E-state index contributed by atoms with van der Waals surface area (Å²) in [7, 11) is 1.55. The Hall–Kier alpha value is -4.08. The Bertz CT molecular complexity index is 1040. The first kappa shape index (κ1) is 27.2. The molecule has 35 heavy (non-hydrogen) atoms. The average molecular weight is 485 g/mol. The molecule has 0 aliphatic rings. The molecule has 4 N–H and O–H groups in total. The minimum atomic E-state index is -1.07. The molecule has 2 aromatic carbocycles. The maximum Gasteiger partial charge on any atom is 0.243 e. The third kappa shape index (κ3) is 9.36. The molecule has 2 aromatic rings. The smallest absolute Gasteiger partial charge is 0.243 e. The predicted octanol–water partition coefficient (Wildman–Crippen LogP) is 1.68. The minimum absolute atomic E-state index is 0.0300. The Kier molecular flexibility index (Phi) is 10.5. The second kappa shape index (κ2) is 13.6. The van der Waals surface area contributed by atoms with Crippen molar-refractivity contribution in [1.29, 1.82) is 5.41 Å². The molecule has 10 heteroatoms. The van der Waals surface area contributed by atoms with Gasteiger partial charge in [-0.3, -0.25) is 19.2 Å². The van der Waals surface area contributed by atoms with Crippen LogP contribution in [0.4, 0.5) is 4.39 Å². The van der Waals surface area contributed by atoms with E-state index >= 15 is 0 Å². The van der Waals surface area contributed by atoms with Crippen LogP contribution in [-0.4, -0.2) is 48.9 Å². The average Bonchev–Trinajstić information content (AvgIpc) is 2.85. The van der Waals surface area contributed by atoms with Crippen molar-refractivity contribution in [3.63, 3.8) is 0 Å². The lowest BCUT2D eigenvalue weighted by atomic mass is 10.0. The summed E-state index contributed by atoms with van der Waals surface area (Å²) >= 11 is 0. The maximum atomic E-state index is 13.2. The summed E-state index contributed by atoms with van der Waals surface area (Å²) in [4.78, 5) is 49.2. The zero-order valence-corrected chi connectivity index (χ0v) is 19.6. The van der Waals surface area contributed by atoms with E-state index < -0.39 is 41.4 Å². The summed E-state index contributed by atoms with van der Waals surface area (Å²) in [5.74, 6) is -1.85. The fraction of sp³-hybridized carbons (Fsp3) is 0.320. The molecule has 0 aromatic heterocycles. The monoisotopic (exact) mass is 484 g/mol. The maximum absolute atomic E-state index is 13.2. The largest absolute Gasteiger partial charge is 0.497 e. The van der Waals surface area contributed by atoms with Crippen LogP contribution in [0.3, 0.4) is 0 Å². The van der Waals surface area contributed by atoms with Crippen molar-refractivity contribution in [1.82, 2.24) is 16.0 Å². The van der Waals surface area contributed by atoms with Gasteiger partial charge in [-0.2, -0.15) is 0 Å². The van der Waals surface area contributed by atoms with Crippen molar-refractivity contribution in [3.05, 3.63) is 65.5 Å². The van der Waals surface area contributed by atoms with Crippen LogP contribution in [0.5, 0.6) is 5.75 Å². The lowest BCUT2D eigenvalue weighted by Gasteiger charge is -2.23. The number of carbonyl (C=O) groups is 4. The molecule has 0 saturated heterocycles. The van der Waals surface area contributed by atoms with Crippen LogP contribution in [0.25, 0.3) is 0 Å². The van der Waals surface area contributed by atoms with Gasteiger partial charge in [-0.25, -0.2) is 4.39 Å². The summed E-state index contributed by atoms with van der Waals surface area (Å²) < 4.78 is 18.3. The minimum Gasteiger partial charge on any atom is -0.497 e. The Morgan fingerprint density at radius 1 is 0.943 bits per heavy atom. The number of hydrogen-bond donors (Lipinski definition) is 4. The normalized spacial score (nSPS) is 12.1. The van der Waals surface area contributed by atoms with E-state index in [1.54, 1.807) is 31.4 Å². The summed E-state index contributed by atoms with van der Waals surface area (Å²) in [6.07, 6.45) is 0.582. The van der Waals surface area contributed by atoms with Crippen LogP contribution in [0.1, 0.15) is 30.9 Å². The van der Waals surface area contributed by atoms with Gasteiger partial charge in [-0.15, -0.1) is 0 Å². The van der Waals surface area contributed by atoms with Crippen molar-refractivity contribution in [2.24, 2.45) is 0 Å². The standard InChI is InChI=1S/C25H29FN4O5/c1-16(31)29-23(13-17-3-7-19(26)8-4-17)25(34)30-22(12-9-20(32)14-27)24(33)28-15-18-5-10-21(35-2)11-6-18/h3-8,10-11,14,22-23,27H,9,12-13,15H2,1-2H3,(H,28,33)(H,29,31)(H,30,34)/t22-,23-/m0/s1. The number of amides is 3. The van der Waals surface area contributed by atoms with Gasteiger partial charge in [0.2, 0.25) is 17.7 Å². The number of methoxy groups -OCH3 is 1. The molecule has 0 heterocycles. The van der Waals surface area contributed by atoms with Gasteiger partial charge in [0.15, 0.2) is 5.78 Å². The van der Waals surface area contributed by atoms with E-state index in [-0.39, 0.29) is 25.8 Å². The molecule has 0 saturated carbocycles. The van der Waals surface area contributed by atoms with Gasteiger partial charge in [-0.1, -0.05) is 24.3 Å². The van der Waals surface area contributed by atoms with E-state index in [4.69, 9.17) is 10.1 Å². The molecule has 0 bridgehead atoms. The molecule has 0 aliphatic heterocycles. The molecule has 2 atom stereocenters. The Morgan fingerprint density at radius 3 is 2.14 bits per heavy atom. The van der Waals surface area contributed by atoms with Gasteiger partial charge in [0.25, 0.3) is 0 Å². The number of benzene rings is 2. The van der Waals surface area contributed by atoms with E-state index in [2.05, 4.69) is 16.0 Å². The second-order valence-electron chi connectivity index (χ2n) is 7.86. The first-order valence-corrected chi connectivity index (χ1v) is 11.0. The summed E-state index contributed by atoms with van der Waals surface area (Å²) in [6, 6.07) is 10.4. The first-order chi connectivity index (χ1) is 16.7. The van der Waals surface area contributed by atoms with E-state index in [0.29, 0.717) is 17.5 Å². The molecule has 0 unspecified atom stereocenters. The third-order valence-corrected chi connectivity index (χ3v) is 5.15. The van der Waals surface area contributed by atoms with Crippen molar-refractivity contribution in [3.8, 4) is 5.75 Å². The fourth-order valence-corrected chi connectivity index (χ4v) is 3.27. The molecule has 2 rings (SSSR count). The number of Topliss-reactive ketones (excluding diaryl/α,β-unsaturated/α-hetero) is 1.